The van der Waals surface area contributed by atoms with Crippen LogP contribution in [-0.2, 0) is 16.8 Å². The molecule has 1 saturated heterocycles. The van der Waals surface area contributed by atoms with Crippen LogP contribution in [0, 0.1) is 0 Å². The monoisotopic (exact) mass is 417 g/mol. The van der Waals surface area contributed by atoms with Crippen molar-refractivity contribution in [3.63, 3.8) is 0 Å². The summed E-state index contributed by atoms with van der Waals surface area (Å²) in [7, 11) is 0. The van der Waals surface area contributed by atoms with Gasteiger partial charge in [-0.3, -0.25) is 9.59 Å². The van der Waals surface area contributed by atoms with Crippen LogP contribution in [0.25, 0.3) is 5.82 Å². The maximum absolute atomic E-state index is 12.9. The molecule has 1 N–H and O–H groups in total. The quantitative estimate of drug-likeness (QED) is 0.682. The number of carbonyl (C=O) groups is 2. The fourth-order valence-corrected chi connectivity index (χ4v) is 3.53. The molecular formula is C24H27N5O2. The van der Waals surface area contributed by atoms with Crippen molar-refractivity contribution in [2.75, 3.05) is 11.9 Å². The third-order valence-electron chi connectivity index (χ3n) is 5.35. The number of carbonyl (C=O) groups excluding carboxylic acids is 2. The van der Waals surface area contributed by atoms with E-state index in [2.05, 4.69) is 36.2 Å². The molecule has 2 aromatic heterocycles. The second-order valence-corrected chi connectivity index (χ2v) is 8.83. The lowest BCUT2D eigenvalue weighted by Crippen LogP contribution is -2.23. The zero-order valence-corrected chi connectivity index (χ0v) is 18.1. The summed E-state index contributed by atoms with van der Waals surface area (Å²) < 4.78 is 1.66. The third-order valence-corrected chi connectivity index (χ3v) is 5.35. The van der Waals surface area contributed by atoms with Gasteiger partial charge < -0.3 is 10.2 Å². The number of aromatic nitrogens is 3. The normalized spacial score (nSPS) is 14.2. The first-order chi connectivity index (χ1) is 14.8. The van der Waals surface area contributed by atoms with Crippen molar-refractivity contribution in [2.24, 2.45) is 0 Å². The first kappa shape index (κ1) is 20.8. The Labute approximate surface area is 182 Å². The van der Waals surface area contributed by atoms with Crippen LogP contribution in [-0.4, -0.2) is 38.0 Å². The third kappa shape index (κ3) is 4.66. The zero-order valence-electron chi connectivity index (χ0n) is 18.1. The SMILES string of the molecule is CC(C)(C)c1cc(NC(=O)c2ccc(CN3CCCC3=O)cc2)n(-c2ccccn2)n1. The van der Waals surface area contributed by atoms with E-state index in [1.54, 1.807) is 23.0 Å². The molecule has 1 aliphatic rings. The summed E-state index contributed by atoms with van der Waals surface area (Å²) in [6.45, 7) is 7.62. The molecule has 1 fully saturated rings. The van der Waals surface area contributed by atoms with Gasteiger partial charge in [-0.1, -0.05) is 39.0 Å². The molecule has 0 spiro atoms. The molecule has 3 heterocycles. The predicted octanol–water partition coefficient (Wildman–Crippen LogP) is 3.94. The molecule has 0 radical (unpaired) electrons. The first-order valence-corrected chi connectivity index (χ1v) is 10.5. The molecular weight excluding hydrogens is 390 g/mol. The summed E-state index contributed by atoms with van der Waals surface area (Å²) in [5, 5.41) is 7.65. The number of hydrogen-bond donors (Lipinski definition) is 1. The smallest absolute Gasteiger partial charge is 0.256 e. The summed E-state index contributed by atoms with van der Waals surface area (Å²) in [4.78, 5) is 31.0. The van der Waals surface area contributed by atoms with Crippen LogP contribution in [0.2, 0.25) is 0 Å². The van der Waals surface area contributed by atoms with E-state index in [0.29, 0.717) is 30.2 Å². The maximum atomic E-state index is 12.9. The Bertz CT molecular complexity index is 1080. The number of nitrogens with one attached hydrogen (secondary N) is 1. The molecule has 0 atom stereocenters. The molecule has 31 heavy (non-hydrogen) atoms. The van der Waals surface area contributed by atoms with Gasteiger partial charge in [0.25, 0.3) is 5.91 Å². The molecule has 0 unspecified atom stereocenters. The predicted molar refractivity (Wildman–Crippen MR) is 119 cm³/mol. The Hall–Kier alpha value is -3.48. The van der Waals surface area contributed by atoms with Crippen LogP contribution in [0.3, 0.4) is 0 Å². The van der Waals surface area contributed by atoms with Crippen LogP contribution < -0.4 is 5.32 Å². The molecule has 2 amide bonds. The lowest BCUT2D eigenvalue weighted by atomic mass is 9.92. The highest BCUT2D eigenvalue weighted by molar-refractivity contribution is 6.04. The Kier molecular flexibility index (Phi) is 5.59. The van der Waals surface area contributed by atoms with E-state index in [0.717, 1.165) is 24.2 Å². The van der Waals surface area contributed by atoms with Gasteiger partial charge in [-0.25, -0.2) is 4.98 Å². The Morgan fingerprint density at radius 2 is 1.90 bits per heavy atom. The van der Waals surface area contributed by atoms with Gasteiger partial charge in [0, 0.05) is 42.8 Å². The second kappa shape index (κ2) is 8.34. The molecule has 0 saturated carbocycles. The van der Waals surface area contributed by atoms with Gasteiger partial charge in [0.15, 0.2) is 5.82 Å². The van der Waals surface area contributed by atoms with Gasteiger partial charge in [-0.2, -0.15) is 9.78 Å². The van der Waals surface area contributed by atoms with Gasteiger partial charge in [-0.05, 0) is 36.2 Å². The van der Waals surface area contributed by atoms with Crippen LogP contribution in [0.5, 0.6) is 0 Å². The molecule has 0 aliphatic carbocycles. The summed E-state index contributed by atoms with van der Waals surface area (Å²) in [6.07, 6.45) is 3.24. The van der Waals surface area contributed by atoms with Crippen LogP contribution in [0.15, 0.2) is 54.7 Å². The van der Waals surface area contributed by atoms with Crippen molar-refractivity contribution in [3.05, 3.63) is 71.5 Å². The standard InChI is InChI=1S/C24H27N5O2/c1-24(2,3)19-15-21(29(27-19)20-7-4-5-13-25-20)26-23(31)18-11-9-17(10-12-18)16-28-14-6-8-22(28)30/h4-5,7,9-13,15H,6,8,14,16H2,1-3H3,(H,26,31). The number of nitrogens with zero attached hydrogens (tertiary/aromatic N) is 4. The molecule has 3 aromatic rings. The minimum Gasteiger partial charge on any atom is -0.338 e. The van der Waals surface area contributed by atoms with E-state index >= 15 is 0 Å². The Morgan fingerprint density at radius 3 is 2.52 bits per heavy atom. The van der Waals surface area contributed by atoms with Gasteiger partial charge in [0.05, 0.1) is 5.69 Å². The van der Waals surface area contributed by atoms with Crippen molar-refractivity contribution in [3.8, 4) is 5.82 Å². The van der Waals surface area contributed by atoms with Gasteiger partial charge >= 0.3 is 0 Å². The molecule has 0 bridgehead atoms. The number of rotatable bonds is 5. The van der Waals surface area contributed by atoms with E-state index in [1.807, 2.05) is 41.3 Å². The summed E-state index contributed by atoms with van der Waals surface area (Å²) in [6, 6.07) is 14.8. The van der Waals surface area contributed by atoms with Gasteiger partial charge in [0.1, 0.15) is 5.82 Å². The zero-order chi connectivity index (χ0) is 22.0. The fourth-order valence-electron chi connectivity index (χ4n) is 3.53. The van der Waals surface area contributed by atoms with Crippen molar-refractivity contribution >= 4 is 17.6 Å². The van der Waals surface area contributed by atoms with Crippen molar-refractivity contribution in [2.45, 2.75) is 45.6 Å². The molecule has 1 aromatic carbocycles. The van der Waals surface area contributed by atoms with Crippen LogP contribution in [0.4, 0.5) is 5.82 Å². The number of benzene rings is 1. The van der Waals surface area contributed by atoms with E-state index < -0.39 is 0 Å². The fraction of sp³-hybridized carbons (Fsp3) is 0.333. The van der Waals surface area contributed by atoms with E-state index in [-0.39, 0.29) is 17.2 Å². The number of pyridine rings is 1. The molecule has 160 valence electrons. The lowest BCUT2D eigenvalue weighted by Gasteiger charge is -2.15. The maximum Gasteiger partial charge on any atom is 0.256 e. The minimum absolute atomic E-state index is 0.172. The second-order valence-electron chi connectivity index (χ2n) is 8.83. The molecule has 4 rings (SSSR count). The molecule has 7 heteroatoms. The highest BCUT2D eigenvalue weighted by atomic mass is 16.2. The average Bonchev–Trinajstić information content (AvgIpc) is 3.35. The lowest BCUT2D eigenvalue weighted by molar-refractivity contribution is -0.128. The number of anilines is 1. The Morgan fingerprint density at radius 1 is 1.13 bits per heavy atom. The van der Waals surface area contributed by atoms with E-state index in [1.165, 1.54) is 0 Å². The number of hydrogen-bond acceptors (Lipinski definition) is 4. The molecule has 1 aliphatic heterocycles. The highest BCUT2D eigenvalue weighted by Crippen LogP contribution is 2.26. The van der Waals surface area contributed by atoms with Crippen molar-refractivity contribution in [1.29, 1.82) is 0 Å². The van der Waals surface area contributed by atoms with Crippen molar-refractivity contribution < 1.29 is 9.59 Å². The largest absolute Gasteiger partial charge is 0.338 e. The Balaban J connectivity index is 1.54. The average molecular weight is 418 g/mol. The summed E-state index contributed by atoms with van der Waals surface area (Å²) in [5.41, 5.74) is 2.25. The van der Waals surface area contributed by atoms with Gasteiger partial charge in [0.2, 0.25) is 5.91 Å². The van der Waals surface area contributed by atoms with Crippen LogP contribution in [0.1, 0.15) is 55.2 Å². The van der Waals surface area contributed by atoms with Crippen molar-refractivity contribution in [1.82, 2.24) is 19.7 Å². The van der Waals surface area contributed by atoms with Crippen LogP contribution >= 0.6 is 0 Å². The number of amides is 2. The topological polar surface area (TPSA) is 80.1 Å². The molecule has 7 nitrogen and oxygen atoms in total. The number of likely N-dealkylation sites (tertiary alicyclic amines) is 1. The van der Waals surface area contributed by atoms with E-state index in [4.69, 9.17) is 0 Å². The van der Waals surface area contributed by atoms with E-state index in [9.17, 15) is 9.59 Å². The first-order valence-electron chi connectivity index (χ1n) is 10.5. The summed E-state index contributed by atoms with van der Waals surface area (Å²) in [5.74, 6) is 1.18. The summed E-state index contributed by atoms with van der Waals surface area (Å²) >= 11 is 0. The van der Waals surface area contributed by atoms with Gasteiger partial charge in [-0.15, -0.1) is 0 Å². The minimum atomic E-state index is -0.221. The highest BCUT2D eigenvalue weighted by Gasteiger charge is 2.23.